The molecule has 1 N–H and O–H groups in total. The molecular weight excluding hydrogens is 269 g/mol. The number of benzene rings is 1. The first kappa shape index (κ1) is 15.6. The first-order chi connectivity index (χ1) is 10.1. The van der Waals surface area contributed by atoms with E-state index in [1.807, 2.05) is 19.9 Å². The van der Waals surface area contributed by atoms with Crippen LogP contribution in [0, 0.1) is 19.7 Å². The van der Waals surface area contributed by atoms with E-state index in [2.05, 4.69) is 12.2 Å². The number of nitrogens with one attached hydrogen (secondary N) is 1. The second kappa shape index (κ2) is 6.76. The van der Waals surface area contributed by atoms with Gasteiger partial charge in [-0.2, -0.15) is 0 Å². The van der Waals surface area contributed by atoms with Gasteiger partial charge in [-0.15, -0.1) is 0 Å². The summed E-state index contributed by atoms with van der Waals surface area (Å²) in [7, 11) is 1.56. The minimum Gasteiger partial charge on any atom is -0.496 e. The maximum Gasteiger partial charge on any atom is 0.132 e. The van der Waals surface area contributed by atoms with E-state index in [0.717, 1.165) is 30.0 Å². The lowest BCUT2D eigenvalue weighted by Crippen LogP contribution is -2.25. The van der Waals surface area contributed by atoms with Crippen molar-refractivity contribution < 1.29 is 13.5 Å². The van der Waals surface area contributed by atoms with Crippen LogP contribution >= 0.6 is 0 Å². The molecule has 4 heteroatoms. The molecule has 1 aromatic heterocycles. The summed E-state index contributed by atoms with van der Waals surface area (Å²) in [6.45, 7) is 6.66. The van der Waals surface area contributed by atoms with Crippen molar-refractivity contribution in [3.05, 3.63) is 52.7 Å². The predicted molar refractivity (Wildman–Crippen MR) is 81.3 cm³/mol. The Balaban J connectivity index is 2.53. The maximum absolute atomic E-state index is 14.4. The summed E-state index contributed by atoms with van der Waals surface area (Å²) < 4.78 is 25.3. The number of furan rings is 1. The number of ether oxygens (including phenoxy) is 1. The van der Waals surface area contributed by atoms with Crippen LogP contribution in [-0.2, 0) is 0 Å². The standard InChI is InChI=1S/C17H22FNO2/c1-5-9-19-17(13-10-11(2)21-12(13)3)16-14(18)7-6-8-15(16)20-4/h6-8,10,17,19H,5,9H2,1-4H3. The van der Waals surface area contributed by atoms with Crippen molar-refractivity contribution in [2.24, 2.45) is 0 Å². The smallest absolute Gasteiger partial charge is 0.132 e. The quantitative estimate of drug-likeness (QED) is 0.869. The average Bonchev–Trinajstić information content (AvgIpc) is 2.79. The Morgan fingerprint density at radius 3 is 2.67 bits per heavy atom. The molecule has 0 aliphatic carbocycles. The van der Waals surface area contributed by atoms with E-state index in [4.69, 9.17) is 9.15 Å². The molecule has 0 aliphatic rings. The van der Waals surface area contributed by atoms with E-state index in [1.54, 1.807) is 19.2 Å². The van der Waals surface area contributed by atoms with Gasteiger partial charge in [0.25, 0.3) is 0 Å². The van der Waals surface area contributed by atoms with E-state index in [1.165, 1.54) is 6.07 Å². The molecule has 0 aliphatic heterocycles. The monoisotopic (exact) mass is 291 g/mol. The van der Waals surface area contributed by atoms with Crippen molar-refractivity contribution in [1.82, 2.24) is 5.32 Å². The van der Waals surface area contributed by atoms with Crippen LogP contribution in [0.4, 0.5) is 4.39 Å². The third kappa shape index (κ3) is 3.27. The molecular formula is C17H22FNO2. The minimum atomic E-state index is -0.279. The van der Waals surface area contributed by atoms with Gasteiger partial charge >= 0.3 is 0 Å². The lowest BCUT2D eigenvalue weighted by atomic mass is 9.97. The molecule has 1 heterocycles. The largest absolute Gasteiger partial charge is 0.496 e. The number of hydrogen-bond acceptors (Lipinski definition) is 3. The van der Waals surface area contributed by atoms with E-state index in [-0.39, 0.29) is 11.9 Å². The second-order valence-electron chi connectivity index (χ2n) is 5.11. The summed E-state index contributed by atoms with van der Waals surface area (Å²) in [5.41, 5.74) is 1.47. The van der Waals surface area contributed by atoms with Crippen LogP contribution in [0.5, 0.6) is 5.75 Å². The van der Waals surface area contributed by atoms with E-state index >= 15 is 0 Å². The first-order valence-electron chi connectivity index (χ1n) is 7.21. The Labute approximate surface area is 125 Å². The fraction of sp³-hybridized carbons (Fsp3) is 0.412. The highest BCUT2D eigenvalue weighted by Crippen LogP contribution is 2.34. The molecule has 0 saturated heterocycles. The van der Waals surface area contributed by atoms with Crippen molar-refractivity contribution in [3.8, 4) is 5.75 Å². The van der Waals surface area contributed by atoms with Crippen molar-refractivity contribution >= 4 is 0 Å². The van der Waals surface area contributed by atoms with Gasteiger partial charge in [0.05, 0.1) is 18.7 Å². The number of halogens is 1. The highest BCUT2D eigenvalue weighted by Gasteiger charge is 2.25. The summed E-state index contributed by atoms with van der Waals surface area (Å²) in [5.74, 6) is 1.88. The molecule has 0 radical (unpaired) electrons. The molecule has 0 amide bonds. The normalized spacial score (nSPS) is 12.4. The topological polar surface area (TPSA) is 34.4 Å². The molecule has 0 bridgehead atoms. The van der Waals surface area contributed by atoms with Gasteiger partial charge in [0.15, 0.2) is 0 Å². The van der Waals surface area contributed by atoms with E-state index < -0.39 is 0 Å². The number of rotatable bonds is 6. The minimum absolute atomic E-state index is 0.277. The second-order valence-corrected chi connectivity index (χ2v) is 5.11. The van der Waals surface area contributed by atoms with Crippen molar-refractivity contribution in [2.45, 2.75) is 33.2 Å². The van der Waals surface area contributed by atoms with Crippen LogP contribution < -0.4 is 10.1 Å². The lowest BCUT2D eigenvalue weighted by molar-refractivity contribution is 0.396. The van der Waals surface area contributed by atoms with Crippen LogP contribution in [-0.4, -0.2) is 13.7 Å². The highest BCUT2D eigenvalue weighted by atomic mass is 19.1. The molecule has 0 fully saturated rings. The van der Waals surface area contributed by atoms with Gasteiger partial charge in [-0.3, -0.25) is 0 Å². The van der Waals surface area contributed by atoms with Crippen molar-refractivity contribution in [3.63, 3.8) is 0 Å². The van der Waals surface area contributed by atoms with Crippen molar-refractivity contribution in [2.75, 3.05) is 13.7 Å². The third-order valence-electron chi connectivity index (χ3n) is 3.51. The summed E-state index contributed by atoms with van der Waals surface area (Å²) >= 11 is 0. The first-order valence-corrected chi connectivity index (χ1v) is 7.21. The number of aryl methyl sites for hydroxylation is 2. The van der Waals surface area contributed by atoms with Gasteiger partial charge in [-0.05, 0) is 45.0 Å². The molecule has 3 nitrogen and oxygen atoms in total. The Kier molecular flexibility index (Phi) is 5.02. The SMILES string of the molecule is CCCNC(c1cc(C)oc1C)c1c(F)cccc1OC. The average molecular weight is 291 g/mol. The maximum atomic E-state index is 14.4. The van der Waals surface area contributed by atoms with Gasteiger partial charge in [-0.1, -0.05) is 13.0 Å². The molecule has 0 spiro atoms. The zero-order valence-electron chi connectivity index (χ0n) is 13.0. The molecule has 1 unspecified atom stereocenters. The Hall–Kier alpha value is -1.81. The molecule has 21 heavy (non-hydrogen) atoms. The van der Waals surface area contributed by atoms with E-state index in [9.17, 15) is 4.39 Å². The Bertz CT molecular complexity index is 607. The lowest BCUT2D eigenvalue weighted by Gasteiger charge is -2.21. The number of methoxy groups -OCH3 is 1. The van der Waals surface area contributed by atoms with E-state index in [0.29, 0.717) is 11.3 Å². The predicted octanol–water partition coefficient (Wildman–Crippen LogP) is 4.13. The van der Waals surface area contributed by atoms with Gasteiger partial charge in [0.1, 0.15) is 23.1 Å². The van der Waals surface area contributed by atoms with Crippen LogP contribution in [0.15, 0.2) is 28.7 Å². The third-order valence-corrected chi connectivity index (χ3v) is 3.51. The molecule has 1 atom stereocenters. The summed E-state index contributed by atoms with van der Waals surface area (Å²) in [6, 6.07) is 6.57. The number of hydrogen-bond donors (Lipinski definition) is 1. The van der Waals surface area contributed by atoms with Crippen LogP contribution in [0.3, 0.4) is 0 Å². The molecule has 1 aromatic carbocycles. The van der Waals surface area contributed by atoms with Gasteiger partial charge in [-0.25, -0.2) is 4.39 Å². The van der Waals surface area contributed by atoms with Crippen molar-refractivity contribution in [1.29, 1.82) is 0 Å². The summed E-state index contributed by atoms with van der Waals surface area (Å²) in [6.07, 6.45) is 0.961. The Morgan fingerprint density at radius 1 is 1.33 bits per heavy atom. The molecule has 2 rings (SSSR count). The van der Waals surface area contributed by atoms with Crippen LogP contribution in [0.2, 0.25) is 0 Å². The molecule has 2 aromatic rings. The van der Waals surface area contributed by atoms with Gasteiger partial charge < -0.3 is 14.5 Å². The van der Waals surface area contributed by atoms with Crippen LogP contribution in [0.1, 0.15) is 42.0 Å². The zero-order chi connectivity index (χ0) is 15.4. The fourth-order valence-corrected chi connectivity index (χ4v) is 2.57. The van der Waals surface area contributed by atoms with Gasteiger partial charge in [0.2, 0.25) is 0 Å². The van der Waals surface area contributed by atoms with Gasteiger partial charge in [0, 0.05) is 5.56 Å². The zero-order valence-corrected chi connectivity index (χ0v) is 13.0. The summed E-state index contributed by atoms with van der Waals surface area (Å²) in [5, 5.41) is 3.39. The summed E-state index contributed by atoms with van der Waals surface area (Å²) in [4.78, 5) is 0. The highest BCUT2D eigenvalue weighted by molar-refractivity contribution is 5.43. The van der Waals surface area contributed by atoms with Crippen LogP contribution in [0.25, 0.3) is 0 Å². The fourth-order valence-electron chi connectivity index (χ4n) is 2.57. The molecule has 114 valence electrons. The Morgan fingerprint density at radius 2 is 2.10 bits per heavy atom. The molecule has 0 saturated carbocycles.